The van der Waals surface area contributed by atoms with Crippen molar-refractivity contribution in [1.29, 1.82) is 0 Å². The van der Waals surface area contributed by atoms with E-state index in [-0.39, 0.29) is 5.76 Å². The number of hydrogen-bond acceptors (Lipinski definition) is 2. The molecule has 2 aliphatic carbocycles. The SMILES string of the molecule is O=c1[nH]c2ccc(C(Br)C3C4CCCC43)cc2o1. The van der Waals surface area contributed by atoms with Gasteiger partial charge in [-0.05, 0) is 48.3 Å². The van der Waals surface area contributed by atoms with E-state index in [0.29, 0.717) is 10.4 Å². The van der Waals surface area contributed by atoms with Crippen LogP contribution >= 0.6 is 15.9 Å². The molecule has 94 valence electrons. The fourth-order valence-electron chi connectivity index (χ4n) is 3.67. The summed E-state index contributed by atoms with van der Waals surface area (Å²) in [6, 6.07) is 6.00. The van der Waals surface area contributed by atoms with Crippen molar-refractivity contribution in [3.63, 3.8) is 0 Å². The predicted octanol–water partition coefficient (Wildman–Crippen LogP) is 3.60. The van der Waals surface area contributed by atoms with Crippen LogP contribution in [0.5, 0.6) is 0 Å². The molecule has 3 unspecified atom stereocenters. The molecule has 3 atom stereocenters. The van der Waals surface area contributed by atoms with Gasteiger partial charge in [0, 0.05) is 4.83 Å². The van der Waals surface area contributed by atoms with Gasteiger partial charge in [0.25, 0.3) is 0 Å². The van der Waals surface area contributed by atoms with Gasteiger partial charge in [-0.2, -0.15) is 0 Å². The van der Waals surface area contributed by atoms with Gasteiger partial charge in [-0.15, -0.1) is 0 Å². The second-order valence-corrected chi connectivity index (χ2v) is 6.49. The second kappa shape index (κ2) is 3.73. The van der Waals surface area contributed by atoms with E-state index in [4.69, 9.17) is 4.42 Å². The first-order valence-corrected chi connectivity index (χ1v) is 7.42. The van der Waals surface area contributed by atoms with Gasteiger partial charge in [0.2, 0.25) is 0 Å². The Bertz CT molecular complexity index is 649. The topological polar surface area (TPSA) is 46.0 Å². The molecule has 2 aliphatic rings. The minimum Gasteiger partial charge on any atom is -0.408 e. The highest BCUT2D eigenvalue weighted by Crippen LogP contribution is 2.64. The minimum atomic E-state index is -0.378. The van der Waals surface area contributed by atoms with E-state index in [1.54, 1.807) is 0 Å². The zero-order chi connectivity index (χ0) is 12.3. The third-order valence-corrected chi connectivity index (χ3v) is 5.71. The maximum Gasteiger partial charge on any atom is 0.417 e. The second-order valence-electron chi connectivity index (χ2n) is 5.51. The van der Waals surface area contributed by atoms with Crippen molar-refractivity contribution in [2.45, 2.75) is 24.1 Å². The lowest BCUT2D eigenvalue weighted by Gasteiger charge is -2.11. The first-order valence-electron chi connectivity index (χ1n) is 6.51. The van der Waals surface area contributed by atoms with Crippen LogP contribution in [0.4, 0.5) is 0 Å². The van der Waals surface area contributed by atoms with Crippen LogP contribution in [0.25, 0.3) is 11.1 Å². The summed E-state index contributed by atoms with van der Waals surface area (Å²) in [7, 11) is 0. The van der Waals surface area contributed by atoms with Gasteiger partial charge < -0.3 is 4.42 Å². The largest absolute Gasteiger partial charge is 0.417 e. The summed E-state index contributed by atoms with van der Waals surface area (Å²) in [5, 5.41) is 0. The average molecular weight is 308 g/mol. The number of rotatable bonds is 2. The molecule has 0 bridgehead atoms. The molecule has 2 aromatic rings. The monoisotopic (exact) mass is 307 g/mol. The molecule has 2 fully saturated rings. The van der Waals surface area contributed by atoms with Crippen molar-refractivity contribution in [1.82, 2.24) is 4.98 Å². The summed E-state index contributed by atoms with van der Waals surface area (Å²) in [5.74, 6) is 2.24. The number of alkyl halides is 1. The third-order valence-electron chi connectivity index (χ3n) is 4.57. The van der Waals surface area contributed by atoms with Crippen molar-refractivity contribution in [3.05, 3.63) is 34.3 Å². The Labute approximate surface area is 113 Å². The van der Waals surface area contributed by atoms with Crippen molar-refractivity contribution < 1.29 is 4.42 Å². The number of oxazole rings is 1. The minimum absolute atomic E-state index is 0.378. The normalized spacial score (nSPS) is 31.5. The molecule has 2 saturated carbocycles. The van der Waals surface area contributed by atoms with Gasteiger partial charge in [0.1, 0.15) is 0 Å². The van der Waals surface area contributed by atoms with Crippen molar-refractivity contribution in [2.75, 3.05) is 0 Å². The highest BCUT2D eigenvalue weighted by Gasteiger charge is 2.55. The fraction of sp³-hybridized carbons (Fsp3) is 0.500. The zero-order valence-electron chi connectivity index (χ0n) is 9.86. The van der Waals surface area contributed by atoms with Crippen molar-refractivity contribution in [3.8, 4) is 0 Å². The molecular formula is C14H14BrNO2. The van der Waals surface area contributed by atoms with E-state index >= 15 is 0 Å². The Kier molecular flexibility index (Phi) is 2.25. The number of benzene rings is 1. The molecule has 4 heteroatoms. The first-order chi connectivity index (χ1) is 8.74. The fourth-order valence-corrected chi connectivity index (χ4v) is 4.74. The molecule has 0 radical (unpaired) electrons. The van der Waals surface area contributed by atoms with Crippen LogP contribution in [0.2, 0.25) is 0 Å². The van der Waals surface area contributed by atoms with E-state index in [2.05, 4.69) is 27.0 Å². The lowest BCUT2D eigenvalue weighted by Crippen LogP contribution is -1.97. The van der Waals surface area contributed by atoms with Gasteiger partial charge in [-0.25, -0.2) is 4.79 Å². The number of hydrogen-bond donors (Lipinski definition) is 1. The van der Waals surface area contributed by atoms with Gasteiger partial charge in [-0.3, -0.25) is 4.98 Å². The van der Waals surface area contributed by atoms with Crippen molar-refractivity contribution in [2.24, 2.45) is 17.8 Å². The van der Waals surface area contributed by atoms with E-state index in [9.17, 15) is 4.79 Å². The Hall–Kier alpha value is -1.03. The maximum atomic E-state index is 11.1. The van der Waals surface area contributed by atoms with Crippen LogP contribution in [-0.2, 0) is 0 Å². The van der Waals surface area contributed by atoms with Gasteiger partial charge in [-0.1, -0.05) is 28.4 Å². The molecule has 0 saturated heterocycles. The van der Waals surface area contributed by atoms with E-state index in [1.807, 2.05) is 12.1 Å². The number of H-pyrrole nitrogens is 1. The third kappa shape index (κ3) is 1.51. The highest BCUT2D eigenvalue weighted by molar-refractivity contribution is 9.09. The Morgan fingerprint density at radius 2 is 2.11 bits per heavy atom. The molecule has 18 heavy (non-hydrogen) atoms. The highest BCUT2D eigenvalue weighted by atomic mass is 79.9. The van der Waals surface area contributed by atoms with Gasteiger partial charge >= 0.3 is 5.76 Å². The lowest BCUT2D eigenvalue weighted by atomic mass is 10.0. The zero-order valence-corrected chi connectivity index (χ0v) is 11.4. The summed E-state index contributed by atoms with van der Waals surface area (Å²) in [6.07, 6.45) is 4.18. The smallest absolute Gasteiger partial charge is 0.408 e. The first kappa shape index (κ1) is 10.9. The molecule has 0 amide bonds. The standard InChI is InChI=1S/C14H14BrNO2/c15-13(12-8-2-1-3-9(8)12)7-4-5-10-11(6-7)18-14(17)16-10/h4-6,8-9,12-13H,1-3H2,(H,16,17). The molecule has 0 spiro atoms. The molecule has 4 rings (SSSR count). The summed E-state index contributed by atoms with van der Waals surface area (Å²) in [6.45, 7) is 0. The Morgan fingerprint density at radius 1 is 1.33 bits per heavy atom. The predicted molar refractivity (Wildman–Crippen MR) is 72.8 cm³/mol. The van der Waals surface area contributed by atoms with Crippen LogP contribution in [0.15, 0.2) is 27.4 Å². The van der Waals surface area contributed by atoms with Crippen LogP contribution < -0.4 is 5.76 Å². The van der Waals surface area contributed by atoms with E-state index < -0.39 is 0 Å². The average Bonchev–Trinajstić information content (AvgIpc) is 2.74. The molecule has 3 nitrogen and oxygen atoms in total. The van der Waals surface area contributed by atoms with Crippen LogP contribution in [0, 0.1) is 17.8 Å². The quantitative estimate of drug-likeness (QED) is 0.862. The van der Waals surface area contributed by atoms with Gasteiger partial charge in [0.05, 0.1) is 5.52 Å². The number of fused-ring (bicyclic) bond motifs is 2. The molecule has 1 aromatic heterocycles. The van der Waals surface area contributed by atoms with E-state index in [0.717, 1.165) is 23.3 Å². The van der Waals surface area contributed by atoms with Crippen LogP contribution in [0.3, 0.4) is 0 Å². The molecule has 1 aromatic carbocycles. The van der Waals surface area contributed by atoms with Crippen LogP contribution in [-0.4, -0.2) is 4.98 Å². The van der Waals surface area contributed by atoms with Crippen molar-refractivity contribution >= 4 is 27.0 Å². The molecule has 1 heterocycles. The summed E-state index contributed by atoms with van der Waals surface area (Å²) >= 11 is 3.83. The number of nitrogens with one attached hydrogen (secondary N) is 1. The number of aromatic nitrogens is 1. The molecular weight excluding hydrogens is 294 g/mol. The summed E-state index contributed by atoms with van der Waals surface area (Å²) < 4.78 is 5.12. The Balaban J connectivity index is 1.67. The lowest BCUT2D eigenvalue weighted by molar-refractivity contribution is 0.553. The summed E-state index contributed by atoms with van der Waals surface area (Å²) in [5.41, 5.74) is 2.66. The number of halogens is 1. The molecule has 0 aliphatic heterocycles. The van der Waals surface area contributed by atoms with Crippen LogP contribution in [0.1, 0.15) is 29.7 Å². The maximum absolute atomic E-state index is 11.1. The van der Waals surface area contributed by atoms with E-state index in [1.165, 1.54) is 24.8 Å². The Morgan fingerprint density at radius 3 is 2.89 bits per heavy atom. The molecule has 1 N–H and O–H groups in total. The summed E-state index contributed by atoms with van der Waals surface area (Å²) in [4.78, 5) is 14.2. The van der Waals surface area contributed by atoms with Gasteiger partial charge in [0.15, 0.2) is 5.58 Å². The number of aromatic amines is 1.